The summed E-state index contributed by atoms with van der Waals surface area (Å²) in [6.07, 6.45) is 1.23. The van der Waals surface area contributed by atoms with E-state index in [9.17, 15) is 0 Å². The van der Waals surface area contributed by atoms with E-state index in [1.54, 1.807) is 0 Å². The number of thioether (sulfide) groups is 1. The molecule has 18 heavy (non-hydrogen) atoms. The van der Waals surface area contributed by atoms with Crippen LogP contribution in [0.2, 0.25) is 5.15 Å². The molecule has 0 amide bonds. The summed E-state index contributed by atoms with van der Waals surface area (Å²) in [4.78, 5) is 4.45. The molecule has 1 heterocycles. The molecule has 0 bridgehead atoms. The van der Waals surface area contributed by atoms with Crippen molar-refractivity contribution in [1.29, 1.82) is 0 Å². The van der Waals surface area contributed by atoms with Crippen molar-refractivity contribution >= 4 is 34.3 Å². The summed E-state index contributed by atoms with van der Waals surface area (Å²) in [7, 11) is 0. The molecule has 1 nitrogen and oxygen atoms in total. The molecule has 0 N–H and O–H groups in total. The molecular formula is C15H18ClNS. The van der Waals surface area contributed by atoms with E-state index in [2.05, 4.69) is 31.0 Å². The van der Waals surface area contributed by atoms with Gasteiger partial charge in [0.2, 0.25) is 0 Å². The molecule has 2 rings (SSSR count). The average Bonchev–Trinajstić information content (AvgIpc) is 2.39. The zero-order chi connectivity index (χ0) is 13.0. The smallest absolute Gasteiger partial charge is 0.133 e. The number of para-hydroxylation sites is 1. The van der Waals surface area contributed by atoms with Crippen LogP contribution in [0.1, 0.15) is 25.8 Å². The van der Waals surface area contributed by atoms with Crippen molar-refractivity contribution < 1.29 is 0 Å². The molecule has 96 valence electrons. The zero-order valence-electron chi connectivity index (χ0n) is 10.8. The third-order valence-corrected chi connectivity index (χ3v) is 4.75. The lowest BCUT2D eigenvalue weighted by atomic mass is 10.2. The first-order chi connectivity index (χ1) is 8.70. The van der Waals surface area contributed by atoms with Crippen LogP contribution in [-0.2, 0) is 5.75 Å². The summed E-state index contributed by atoms with van der Waals surface area (Å²) in [6.45, 7) is 4.52. The molecule has 2 aromatic rings. The van der Waals surface area contributed by atoms with Gasteiger partial charge in [-0.3, -0.25) is 0 Å². The highest BCUT2D eigenvalue weighted by Gasteiger charge is 2.06. The highest BCUT2D eigenvalue weighted by molar-refractivity contribution is 7.98. The van der Waals surface area contributed by atoms with Gasteiger partial charge in [-0.15, -0.1) is 0 Å². The van der Waals surface area contributed by atoms with Crippen LogP contribution in [0.15, 0.2) is 30.3 Å². The van der Waals surface area contributed by atoms with E-state index in [-0.39, 0.29) is 0 Å². The minimum absolute atomic E-state index is 0.644. The van der Waals surface area contributed by atoms with Gasteiger partial charge in [0.05, 0.1) is 5.52 Å². The third-order valence-electron chi connectivity index (χ3n) is 3.11. The zero-order valence-corrected chi connectivity index (χ0v) is 12.4. The second kappa shape index (κ2) is 6.44. The van der Waals surface area contributed by atoms with Gasteiger partial charge in [-0.25, -0.2) is 4.98 Å². The molecule has 1 atom stereocenters. The fraction of sp³-hybridized carbons (Fsp3) is 0.400. The fourth-order valence-electron chi connectivity index (χ4n) is 1.73. The molecule has 0 saturated carbocycles. The molecule has 0 radical (unpaired) electrons. The van der Waals surface area contributed by atoms with E-state index in [0.717, 1.165) is 22.8 Å². The highest BCUT2D eigenvalue weighted by atomic mass is 35.5. The lowest BCUT2D eigenvalue weighted by molar-refractivity contribution is 0.637. The first kappa shape index (κ1) is 13.7. The Morgan fingerprint density at radius 2 is 2.11 bits per heavy atom. The molecule has 0 aliphatic rings. The Morgan fingerprint density at radius 1 is 1.33 bits per heavy atom. The fourth-order valence-corrected chi connectivity index (χ4v) is 3.21. The first-order valence-corrected chi connectivity index (χ1v) is 7.86. The maximum absolute atomic E-state index is 6.23. The van der Waals surface area contributed by atoms with Gasteiger partial charge < -0.3 is 0 Å². The number of rotatable bonds is 5. The summed E-state index contributed by atoms with van der Waals surface area (Å²) in [6, 6.07) is 10.3. The van der Waals surface area contributed by atoms with Crippen LogP contribution in [0.3, 0.4) is 0 Å². The van der Waals surface area contributed by atoms with Crippen molar-refractivity contribution in [2.75, 3.05) is 5.75 Å². The molecule has 3 heteroatoms. The molecule has 0 aliphatic heterocycles. The number of benzene rings is 1. The Balaban J connectivity index is 2.10. The van der Waals surface area contributed by atoms with E-state index in [1.165, 1.54) is 17.6 Å². The van der Waals surface area contributed by atoms with Crippen LogP contribution in [0.25, 0.3) is 10.9 Å². The number of nitrogens with zero attached hydrogens (tertiary/aromatic N) is 1. The number of aromatic nitrogens is 1. The minimum Gasteiger partial charge on any atom is -0.236 e. The summed E-state index contributed by atoms with van der Waals surface area (Å²) >= 11 is 8.17. The Morgan fingerprint density at radius 3 is 2.89 bits per heavy atom. The van der Waals surface area contributed by atoms with E-state index >= 15 is 0 Å². The number of hydrogen-bond acceptors (Lipinski definition) is 2. The van der Waals surface area contributed by atoms with Crippen molar-refractivity contribution in [3.8, 4) is 0 Å². The largest absolute Gasteiger partial charge is 0.236 e. The van der Waals surface area contributed by atoms with Gasteiger partial charge in [0.15, 0.2) is 0 Å². The van der Waals surface area contributed by atoms with Crippen molar-refractivity contribution in [2.24, 2.45) is 5.92 Å². The van der Waals surface area contributed by atoms with E-state index in [1.807, 2.05) is 30.0 Å². The predicted molar refractivity (Wildman–Crippen MR) is 82.4 cm³/mol. The molecule has 1 unspecified atom stereocenters. The van der Waals surface area contributed by atoms with E-state index < -0.39 is 0 Å². The van der Waals surface area contributed by atoms with Crippen LogP contribution in [0, 0.1) is 5.92 Å². The Labute approximate surface area is 118 Å². The number of halogens is 1. The highest BCUT2D eigenvalue weighted by Crippen LogP contribution is 2.25. The molecule has 1 aromatic heterocycles. The minimum atomic E-state index is 0.644. The van der Waals surface area contributed by atoms with Crippen molar-refractivity contribution in [3.63, 3.8) is 0 Å². The second-order valence-electron chi connectivity index (χ2n) is 4.66. The van der Waals surface area contributed by atoms with Gasteiger partial charge in [-0.2, -0.15) is 11.8 Å². The molecule has 0 spiro atoms. The normalized spacial score (nSPS) is 12.8. The van der Waals surface area contributed by atoms with Gasteiger partial charge in [0, 0.05) is 16.7 Å². The standard InChI is InChI=1S/C15H18ClNS/c1-3-11(2)9-18-10-13-8-12-6-4-5-7-14(12)17-15(13)16/h4-8,11H,3,9-10H2,1-2H3. The summed E-state index contributed by atoms with van der Waals surface area (Å²) in [5.74, 6) is 2.89. The Hall–Kier alpha value is -0.730. The molecule has 0 saturated heterocycles. The van der Waals surface area contributed by atoms with Gasteiger partial charge in [-0.05, 0) is 23.8 Å². The second-order valence-corrected chi connectivity index (χ2v) is 6.05. The molecule has 0 aliphatic carbocycles. The summed E-state index contributed by atoms with van der Waals surface area (Å²) in [5, 5.41) is 1.81. The van der Waals surface area contributed by atoms with Crippen LogP contribution >= 0.6 is 23.4 Å². The van der Waals surface area contributed by atoms with Crippen LogP contribution in [0.4, 0.5) is 0 Å². The number of hydrogen-bond donors (Lipinski definition) is 0. The van der Waals surface area contributed by atoms with Gasteiger partial charge in [0.25, 0.3) is 0 Å². The molecule has 0 fully saturated rings. The predicted octanol–water partition coefficient (Wildman–Crippen LogP) is 5.17. The van der Waals surface area contributed by atoms with Crippen LogP contribution in [0.5, 0.6) is 0 Å². The van der Waals surface area contributed by atoms with E-state index in [0.29, 0.717) is 5.15 Å². The topological polar surface area (TPSA) is 12.9 Å². The van der Waals surface area contributed by atoms with Gasteiger partial charge >= 0.3 is 0 Å². The lowest BCUT2D eigenvalue weighted by Crippen LogP contribution is -1.96. The monoisotopic (exact) mass is 279 g/mol. The summed E-state index contributed by atoms with van der Waals surface area (Å²) in [5.41, 5.74) is 2.11. The molecule has 1 aromatic carbocycles. The lowest BCUT2D eigenvalue weighted by Gasteiger charge is -2.09. The third kappa shape index (κ3) is 3.39. The number of fused-ring (bicyclic) bond motifs is 1. The average molecular weight is 280 g/mol. The van der Waals surface area contributed by atoms with Crippen molar-refractivity contribution in [3.05, 3.63) is 41.0 Å². The van der Waals surface area contributed by atoms with Gasteiger partial charge in [0.1, 0.15) is 5.15 Å². The van der Waals surface area contributed by atoms with E-state index in [4.69, 9.17) is 11.6 Å². The SMILES string of the molecule is CCC(C)CSCc1cc2ccccc2nc1Cl. The quantitative estimate of drug-likeness (QED) is 0.701. The van der Waals surface area contributed by atoms with Gasteiger partial charge in [-0.1, -0.05) is 50.1 Å². The first-order valence-electron chi connectivity index (χ1n) is 6.32. The Kier molecular flexibility index (Phi) is 4.90. The summed E-state index contributed by atoms with van der Waals surface area (Å²) < 4.78 is 0. The van der Waals surface area contributed by atoms with Crippen LogP contribution < -0.4 is 0 Å². The Bertz CT molecular complexity index is 527. The molecular weight excluding hydrogens is 262 g/mol. The van der Waals surface area contributed by atoms with Crippen LogP contribution in [-0.4, -0.2) is 10.7 Å². The van der Waals surface area contributed by atoms with Crippen molar-refractivity contribution in [2.45, 2.75) is 26.0 Å². The maximum atomic E-state index is 6.23. The maximum Gasteiger partial charge on any atom is 0.133 e. The van der Waals surface area contributed by atoms with Crippen molar-refractivity contribution in [1.82, 2.24) is 4.98 Å². The number of pyridine rings is 1.